The molecule has 6 rings (SSSR count). The van der Waals surface area contributed by atoms with Crippen LogP contribution in [0.5, 0.6) is 5.75 Å². The van der Waals surface area contributed by atoms with Crippen LogP contribution in [0.3, 0.4) is 0 Å². The van der Waals surface area contributed by atoms with Crippen LogP contribution in [0.2, 0.25) is 0 Å². The number of aliphatic imine (C=N–C) groups is 1. The Hall–Kier alpha value is -3.39. The van der Waals surface area contributed by atoms with Gasteiger partial charge in [-0.3, -0.25) is 4.99 Å². The van der Waals surface area contributed by atoms with Crippen LogP contribution in [0.25, 0.3) is 11.3 Å². The third-order valence-electron chi connectivity index (χ3n) is 7.93. The fraction of sp³-hybridized carbons (Fsp3) is 0.433. The lowest BCUT2D eigenvalue weighted by Gasteiger charge is -2.34. The third kappa shape index (κ3) is 4.77. The summed E-state index contributed by atoms with van der Waals surface area (Å²) in [6, 6.07) is 9.84. The Kier molecular flexibility index (Phi) is 6.60. The largest absolute Gasteiger partial charge is 0.486 e. The van der Waals surface area contributed by atoms with Crippen LogP contribution in [-0.4, -0.2) is 59.9 Å². The fourth-order valence-corrected chi connectivity index (χ4v) is 5.83. The van der Waals surface area contributed by atoms with Crippen molar-refractivity contribution in [2.45, 2.75) is 51.5 Å². The van der Waals surface area contributed by atoms with E-state index in [2.05, 4.69) is 45.0 Å². The van der Waals surface area contributed by atoms with E-state index in [1.807, 2.05) is 13.8 Å². The van der Waals surface area contributed by atoms with E-state index in [-0.39, 0.29) is 17.5 Å². The van der Waals surface area contributed by atoms with Crippen LogP contribution in [0, 0.1) is 11.6 Å². The minimum atomic E-state index is -0.583. The smallest absolute Gasteiger partial charge is 0.178 e. The van der Waals surface area contributed by atoms with Crippen molar-refractivity contribution in [3.05, 3.63) is 65.1 Å². The van der Waals surface area contributed by atoms with Crippen LogP contribution >= 0.6 is 0 Å². The van der Waals surface area contributed by atoms with Gasteiger partial charge in [0.1, 0.15) is 18.1 Å². The van der Waals surface area contributed by atoms with E-state index in [1.165, 1.54) is 36.2 Å². The van der Waals surface area contributed by atoms with Gasteiger partial charge in [-0.15, -0.1) is 0 Å². The quantitative estimate of drug-likeness (QED) is 0.434. The summed E-state index contributed by atoms with van der Waals surface area (Å²) in [6.07, 6.45) is 4.69. The van der Waals surface area contributed by atoms with Crippen molar-refractivity contribution in [1.82, 2.24) is 14.9 Å². The van der Waals surface area contributed by atoms with E-state index < -0.39 is 11.6 Å². The maximum Gasteiger partial charge on any atom is 0.178 e. The molecule has 3 aromatic rings. The summed E-state index contributed by atoms with van der Waals surface area (Å²) in [5, 5.41) is 0. The van der Waals surface area contributed by atoms with Gasteiger partial charge in [0.2, 0.25) is 0 Å². The number of rotatable bonds is 5. The number of aromatic nitrogens is 2. The number of fused-ring (bicyclic) bond motifs is 2. The molecule has 0 N–H and O–H groups in total. The maximum atomic E-state index is 15.0. The zero-order valence-electron chi connectivity index (χ0n) is 22.2. The highest BCUT2D eigenvalue weighted by Gasteiger charge is 2.26. The molecule has 8 heteroatoms. The normalized spacial score (nSPS) is 17.8. The van der Waals surface area contributed by atoms with Crippen molar-refractivity contribution in [3.63, 3.8) is 0 Å². The highest BCUT2D eigenvalue weighted by molar-refractivity contribution is 5.95. The zero-order chi connectivity index (χ0) is 26.4. The highest BCUT2D eigenvalue weighted by atomic mass is 19.1. The number of hydrogen-bond donors (Lipinski definition) is 0. The van der Waals surface area contributed by atoms with Crippen LogP contribution in [0.4, 0.5) is 20.2 Å². The molecule has 4 heterocycles. The van der Waals surface area contributed by atoms with Gasteiger partial charge in [-0.2, -0.15) is 0 Å². The van der Waals surface area contributed by atoms with Crippen molar-refractivity contribution in [2.75, 3.05) is 38.2 Å². The summed E-state index contributed by atoms with van der Waals surface area (Å²) >= 11 is 0. The molecule has 0 atom stereocenters. The molecular formula is C30H33F2N5O. The van der Waals surface area contributed by atoms with Crippen molar-refractivity contribution < 1.29 is 13.5 Å². The maximum absolute atomic E-state index is 15.0. The molecule has 6 nitrogen and oxygen atoms in total. The SMILES string of the molecule is CC(C)N1CCOc2c(F)cc(-c3nc(CC4=Nc5ccc(C6CCN(C)CC6)cc5C4)ncc3F)cc21. The molecule has 3 aliphatic rings. The summed E-state index contributed by atoms with van der Waals surface area (Å²) in [4.78, 5) is 18.0. The molecule has 1 saturated heterocycles. The minimum Gasteiger partial charge on any atom is -0.486 e. The molecule has 198 valence electrons. The molecule has 0 saturated carbocycles. The second kappa shape index (κ2) is 10.1. The number of halogens is 2. The first-order valence-corrected chi connectivity index (χ1v) is 13.5. The van der Waals surface area contributed by atoms with E-state index in [4.69, 9.17) is 9.73 Å². The second-order valence-corrected chi connectivity index (χ2v) is 10.9. The topological polar surface area (TPSA) is 53.9 Å². The summed E-state index contributed by atoms with van der Waals surface area (Å²) in [7, 11) is 2.18. The highest BCUT2D eigenvalue weighted by Crippen LogP contribution is 2.39. The Morgan fingerprint density at radius 2 is 1.87 bits per heavy atom. The van der Waals surface area contributed by atoms with Crippen LogP contribution in [0.1, 0.15) is 49.6 Å². The van der Waals surface area contributed by atoms with Crippen molar-refractivity contribution >= 4 is 17.1 Å². The summed E-state index contributed by atoms with van der Waals surface area (Å²) < 4.78 is 35.5. The molecule has 2 aromatic carbocycles. The predicted molar refractivity (Wildman–Crippen MR) is 146 cm³/mol. The second-order valence-electron chi connectivity index (χ2n) is 10.9. The first-order valence-electron chi connectivity index (χ1n) is 13.5. The molecule has 1 fully saturated rings. The number of benzene rings is 2. The number of hydrogen-bond acceptors (Lipinski definition) is 6. The lowest BCUT2D eigenvalue weighted by Crippen LogP contribution is -2.38. The van der Waals surface area contributed by atoms with Gasteiger partial charge < -0.3 is 14.5 Å². The Morgan fingerprint density at radius 3 is 2.66 bits per heavy atom. The summed E-state index contributed by atoms with van der Waals surface area (Å²) in [5.74, 6) is 0.177. The van der Waals surface area contributed by atoms with Crippen molar-refractivity contribution in [1.29, 1.82) is 0 Å². The van der Waals surface area contributed by atoms with E-state index in [0.29, 0.717) is 42.6 Å². The fourth-order valence-electron chi connectivity index (χ4n) is 5.83. The van der Waals surface area contributed by atoms with Gasteiger partial charge in [-0.1, -0.05) is 12.1 Å². The van der Waals surface area contributed by atoms with Crippen molar-refractivity contribution in [2.24, 2.45) is 4.99 Å². The average Bonchev–Trinajstić information content (AvgIpc) is 3.31. The monoisotopic (exact) mass is 517 g/mol. The van der Waals surface area contributed by atoms with Crippen LogP contribution in [-0.2, 0) is 12.8 Å². The average molecular weight is 518 g/mol. The summed E-state index contributed by atoms with van der Waals surface area (Å²) in [5.41, 5.74) is 5.65. The first-order chi connectivity index (χ1) is 18.4. The van der Waals surface area contributed by atoms with E-state index in [1.54, 1.807) is 6.07 Å². The first kappa shape index (κ1) is 24.9. The van der Waals surface area contributed by atoms with Crippen LogP contribution in [0.15, 0.2) is 41.5 Å². The molecule has 38 heavy (non-hydrogen) atoms. The Labute approximate surface area is 222 Å². The minimum absolute atomic E-state index is 0.0895. The lowest BCUT2D eigenvalue weighted by atomic mass is 9.88. The molecule has 0 amide bonds. The van der Waals surface area contributed by atoms with Crippen molar-refractivity contribution in [3.8, 4) is 17.0 Å². The van der Waals surface area contributed by atoms with Gasteiger partial charge >= 0.3 is 0 Å². The van der Waals surface area contributed by atoms with Gasteiger partial charge in [0.25, 0.3) is 0 Å². The number of ether oxygens (including phenoxy) is 1. The van der Waals surface area contributed by atoms with Gasteiger partial charge in [0.05, 0.1) is 24.1 Å². The number of anilines is 1. The van der Waals surface area contributed by atoms with E-state index in [0.717, 1.165) is 30.9 Å². The third-order valence-corrected chi connectivity index (χ3v) is 7.93. The van der Waals surface area contributed by atoms with Gasteiger partial charge in [-0.05, 0) is 82.1 Å². The van der Waals surface area contributed by atoms with Gasteiger partial charge in [-0.25, -0.2) is 18.7 Å². The summed E-state index contributed by atoms with van der Waals surface area (Å²) in [6.45, 7) is 7.40. The van der Waals surface area contributed by atoms with Crippen LogP contribution < -0.4 is 9.64 Å². The number of likely N-dealkylation sites (tertiary alicyclic amines) is 1. The molecule has 0 aliphatic carbocycles. The van der Waals surface area contributed by atoms with E-state index in [9.17, 15) is 4.39 Å². The molecule has 0 spiro atoms. The molecule has 0 bridgehead atoms. The Bertz CT molecular complexity index is 1400. The molecule has 0 radical (unpaired) electrons. The standard InChI is InChI=1S/C30H33F2N5O/c1-18(2)37-10-11-38-30-24(31)14-22(15-27(30)37)29-25(32)17-33-28(35-29)16-23-13-21-12-20(4-5-26(21)34-23)19-6-8-36(3)9-7-19/h4-5,12,14-15,17-19H,6-11,13,16H2,1-3H3. The van der Waals surface area contributed by atoms with E-state index >= 15 is 4.39 Å². The number of piperidine rings is 1. The Balaban J connectivity index is 1.23. The number of nitrogens with zero attached hydrogens (tertiary/aromatic N) is 5. The molecule has 0 unspecified atom stereocenters. The Morgan fingerprint density at radius 1 is 1.05 bits per heavy atom. The molecule has 3 aliphatic heterocycles. The van der Waals surface area contributed by atoms with Gasteiger partial charge in [0, 0.05) is 30.2 Å². The lowest BCUT2D eigenvalue weighted by molar-refractivity contribution is 0.255. The molecular weight excluding hydrogens is 484 g/mol. The zero-order valence-corrected chi connectivity index (χ0v) is 22.2. The predicted octanol–water partition coefficient (Wildman–Crippen LogP) is 5.71. The molecule has 1 aromatic heterocycles. The van der Waals surface area contributed by atoms with Gasteiger partial charge in [0.15, 0.2) is 17.4 Å².